The largest absolute Gasteiger partial charge is 0.337 e. The number of hydrogen-bond acceptors (Lipinski definition) is 2. The van der Waals surface area contributed by atoms with Crippen molar-refractivity contribution < 1.29 is 4.79 Å². The van der Waals surface area contributed by atoms with Crippen molar-refractivity contribution in [2.24, 2.45) is 0 Å². The lowest BCUT2D eigenvalue weighted by Gasteiger charge is -1.80. The fourth-order valence-corrected chi connectivity index (χ4v) is 0.691. The Morgan fingerprint density at radius 3 is 2.25 bits per heavy atom. The summed E-state index contributed by atoms with van der Waals surface area (Å²) in [4.78, 5) is 15.9. The van der Waals surface area contributed by atoms with Gasteiger partial charge in [0.2, 0.25) is 0 Å². The molecule has 1 heterocycles. The van der Waals surface area contributed by atoms with Crippen LogP contribution < -0.4 is 0 Å². The summed E-state index contributed by atoms with van der Waals surface area (Å²) in [6.07, 6.45) is 2.81. The quantitative estimate of drug-likeness (QED) is 0.523. The molecule has 1 aromatic heterocycles. The number of H-pyrrole nitrogens is 2. The fraction of sp³-hybridized carbons (Fsp3) is 0.500. The molecular formula is C8H14N2OS. The van der Waals surface area contributed by atoms with Crippen molar-refractivity contribution in [1.29, 1.82) is 0 Å². The van der Waals surface area contributed by atoms with Crippen LogP contribution >= 0.6 is 12.2 Å². The Hall–Kier alpha value is -0.900. The van der Waals surface area contributed by atoms with E-state index in [1.54, 1.807) is 6.20 Å². The van der Waals surface area contributed by atoms with Crippen molar-refractivity contribution >= 4 is 18.0 Å². The number of carbonyl (C=O) groups is 1. The number of aromatic nitrogens is 2. The molecule has 12 heavy (non-hydrogen) atoms. The highest BCUT2D eigenvalue weighted by Crippen LogP contribution is 1.92. The van der Waals surface area contributed by atoms with Gasteiger partial charge in [0.15, 0.2) is 10.6 Å². The van der Waals surface area contributed by atoms with Crippen molar-refractivity contribution in [3.63, 3.8) is 0 Å². The van der Waals surface area contributed by atoms with E-state index in [2.05, 4.69) is 36.0 Å². The summed E-state index contributed by atoms with van der Waals surface area (Å²) < 4.78 is 0.486. The molecule has 0 radical (unpaired) electrons. The van der Waals surface area contributed by atoms with Crippen molar-refractivity contribution in [3.8, 4) is 0 Å². The first-order valence-corrected chi connectivity index (χ1v) is 4.31. The van der Waals surface area contributed by atoms with E-state index in [1.165, 1.54) is 13.3 Å². The highest BCUT2D eigenvalue weighted by atomic mass is 32.1. The van der Waals surface area contributed by atoms with Crippen LogP contribution in [0.3, 0.4) is 0 Å². The van der Waals surface area contributed by atoms with Gasteiger partial charge in [-0.2, -0.15) is 0 Å². The molecule has 0 saturated heterocycles. The van der Waals surface area contributed by atoms with E-state index < -0.39 is 0 Å². The average molecular weight is 186 g/mol. The fourth-order valence-electron chi connectivity index (χ4n) is 0.522. The highest BCUT2D eigenvalue weighted by molar-refractivity contribution is 7.71. The van der Waals surface area contributed by atoms with Crippen molar-refractivity contribution in [2.75, 3.05) is 0 Å². The van der Waals surface area contributed by atoms with Gasteiger partial charge in [-0.25, -0.2) is 0 Å². The third kappa shape index (κ3) is 4.08. The minimum atomic E-state index is -0.0117. The smallest absolute Gasteiger partial charge is 0.177 e. The van der Waals surface area contributed by atoms with E-state index in [9.17, 15) is 4.79 Å². The third-order valence-electron chi connectivity index (χ3n) is 0.975. The second-order valence-corrected chi connectivity index (χ2v) is 2.83. The van der Waals surface area contributed by atoms with Crippen molar-refractivity contribution in [1.82, 2.24) is 9.97 Å². The van der Waals surface area contributed by atoms with Crippen molar-refractivity contribution in [2.45, 2.75) is 27.2 Å². The van der Waals surface area contributed by atoms with Gasteiger partial charge in [-0.3, -0.25) is 4.79 Å². The Morgan fingerprint density at radius 2 is 2.08 bits per heavy atom. The molecule has 0 bridgehead atoms. The number of Topliss-reactive ketones (excluding diaryl/α,β-unsaturated/α-hetero) is 1. The van der Waals surface area contributed by atoms with Crippen LogP contribution in [0.2, 0.25) is 0 Å². The molecule has 0 fully saturated rings. The first-order valence-electron chi connectivity index (χ1n) is 3.90. The van der Waals surface area contributed by atoms with Gasteiger partial charge in [-0.05, 0) is 12.2 Å². The molecule has 2 N–H and O–H groups in total. The van der Waals surface area contributed by atoms with Gasteiger partial charge in [0.1, 0.15) is 0 Å². The van der Waals surface area contributed by atoms with Crippen LogP contribution in [0.15, 0.2) is 6.20 Å². The molecule has 0 amide bonds. The molecule has 0 aliphatic rings. The van der Waals surface area contributed by atoms with Gasteiger partial charge in [-0.15, -0.1) is 0 Å². The summed E-state index contributed by atoms with van der Waals surface area (Å²) in [5.74, 6) is -0.0117. The maximum absolute atomic E-state index is 10.6. The van der Waals surface area contributed by atoms with Gasteiger partial charge in [0, 0.05) is 13.1 Å². The van der Waals surface area contributed by atoms with E-state index >= 15 is 0 Å². The van der Waals surface area contributed by atoms with Crippen LogP contribution in [0.1, 0.15) is 37.7 Å². The van der Waals surface area contributed by atoms with Crippen LogP contribution in [0.25, 0.3) is 0 Å². The normalized spacial score (nSPS) is 8.58. The molecule has 3 nitrogen and oxygen atoms in total. The minimum Gasteiger partial charge on any atom is -0.337 e. The molecule has 1 rings (SSSR count). The molecule has 0 spiro atoms. The van der Waals surface area contributed by atoms with E-state index in [1.807, 2.05) is 0 Å². The van der Waals surface area contributed by atoms with Gasteiger partial charge >= 0.3 is 0 Å². The van der Waals surface area contributed by atoms with Crippen LogP contribution in [-0.2, 0) is 0 Å². The van der Waals surface area contributed by atoms with Crippen LogP contribution in [0.4, 0.5) is 0 Å². The number of hydrogen-bond donors (Lipinski definition) is 2. The first-order chi connectivity index (χ1) is 5.61. The predicted octanol–water partition coefficient (Wildman–Crippen LogP) is 2.69. The zero-order valence-electron chi connectivity index (χ0n) is 7.60. The van der Waals surface area contributed by atoms with Crippen LogP contribution in [0, 0.1) is 4.77 Å². The molecular weight excluding hydrogens is 172 g/mol. The number of carbonyl (C=O) groups excluding carboxylic acids is 1. The van der Waals surface area contributed by atoms with E-state index in [-0.39, 0.29) is 5.78 Å². The lowest BCUT2D eigenvalue weighted by molar-refractivity contribution is 0.101. The SMILES string of the molecule is CC(=O)c1c[nH]c(=S)[nH]1.CCC. The van der Waals surface area contributed by atoms with Crippen LogP contribution in [0.5, 0.6) is 0 Å². The standard InChI is InChI=1S/C5H6N2OS.C3H8/c1-3(8)4-2-6-5(9)7-4;1-3-2/h2H,1H3,(H2,6,7,9);3H2,1-2H3. The summed E-state index contributed by atoms with van der Waals surface area (Å²) in [5, 5.41) is 0. The highest BCUT2D eigenvalue weighted by Gasteiger charge is 1.96. The third-order valence-corrected chi connectivity index (χ3v) is 1.20. The summed E-state index contributed by atoms with van der Waals surface area (Å²) >= 11 is 4.69. The zero-order chi connectivity index (χ0) is 9.56. The lowest BCUT2D eigenvalue weighted by atomic mass is 10.3. The number of nitrogens with one attached hydrogen (secondary N) is 2. The summed E-state index contributed by atoms with van der Waals surface area (Å²) in [7, 11) is 0. The number of aromatic amines is 2. The second kappa shape index (κ2) is 5.71. The van der Waals surface area contributed by atoms with Gasteiger partial charge < -0.3 is 9.97 Å². The average Bonchev–Trinajstić information content (AvgIpc) is 2.37. The Labute approximate surface area is 77.2 Å². The molecule has 4 heteroatoms. The lowest BCUT2D eigenvalue weighted by Crippen LogP contribution is -1.89. The maximum Gasteiger partial charge on any atom is 0.177 e. The number of ketones is 1. The molecule has 0 aromatic carbocycles. The summed E-state index contributed by atoms with van der Waals surface area (Å²) in [6.45, 7) is 5.73. The predicted molar refractivity (Wildman–Crippen MR) is 51.9 cm³/mol. The maximum atomic E-state index is 10.6. The molecule has 0 aliphatic heterocycles. The number of imidazole rings is 1. The van der Waals surface area contributed by atoms with Gasteiger partial charge in [0.05, 0.1) is 5.69 Å². The molecule has 0 atom stereocenters. The van der Waals surface area contributed by atoms with Gasteiger partial charge in [-0.1, -0.05) is 20.3 Å². The summed E-state index contributed by atoms with van der Waals surface area (Å²) in [6, 6.07) is 0. The molecule has 0 saturated carbocycles. The minimum absolute atomic E-state index is 0.0117. The monoisotopic (exact) mass is 186 g/mol. The molecule has 1 aromatic rings. The first kappa shape index (κ1) is 11.1. The Balaban J connectivity index is 0.000000354. The Morgan fingerprint density at radius 1 is 1.58 bits per heavy atom. The molecule has 0 aliphatic carbocycles. The van der Waals surface area contributed by atoms with E-state index in [0.29, 0.717) is 10.5 Å². The second-order valence-electron chi connectivity index (χ2n) is 2.42. The molecule has 68 valence electrons. The number of rotatable bonds is 1. The Bertz CT molecular complexity index is 287. The molecule has 0 unspecified atom stereocenters. The van der Waals surface area contributed by atoms with Crippen LogP contribution in [-0.4, -0.2) is 15.8 Å². The van der Waals surface area contributed by atoms with Gasteiger partial charge in [0.25, 0.3) is 0 Å². The summed E-state index contributed by atoms with van der Waals surface area (Å²) in [5.41, 5.74) is 0.528. The topological polar surface area (TPSA) is 48.6 Å². The van der Waals surface area contributed by atoms with E-state index in [4.69, 9.17) is 0 Å². The Kier molecular flexibility index (Phi) is 5.28. The zero-order valence-corrected chi connectivity index (χ0v) is 8.42. The van der Waals surface area contributed by atoms with E-state index in [0.717, 1.165) is 0 Å². The van der Waals surface area contributed by atoms with Crippen molar-refractivity contribution in [3.05, 3.63) is 16.7 Å².